The maximum atomic E-state index is 3.80. The zero-order valence-electron chi connectivity index (χ0n) is 12.8. The van der Waals surface area contributed by atoms with E-state index in [2.05, 4.69) is 26.1 Å². The third-order valence-corrected chi connectivity index (χ3v) is 5.61. The van der Waals surface area contributed by atoms with Gasteiger partial charge < -0.3 is 5.32 Å². The topological polar surface area (TPSA) is 12.0 Å². The van der Waals surface area contributed by atoms with E-state index in [1.165, 1.54) is 51.4 Å². The van der Waals surface area contributed by atoms with Crippen LogP contribution in [0.5, 0.6) is 0 Å². The highest BCUT2D eigenvalue weighted by Crippen LogP contribution is 2.38. The summed E-state index contributed by atoms with van der Waals surface area (Å²) in [4.78, 5) is 0. The van der Waals surface area contributed by atoms with Crippen molar-refractivity contribution in [3.63, 3.8) is 0 Å². The Morgan fingerprint density at radius 1 is 0.944 bits per heavy atom. The molecule has 18 heavy (non-hydrogen) atoms. The lowest BCUT2D eigenvalue weighted by Gasteiger charge is -2.38. The summed E-state index contributed by atoms with van der Waals surface area (Å²) in [6.07, 6.45) is 11.9. The number of rotatable bonds is 6. The molecule has 2 rings (SSSR count). The van der Waals surface area contributed by atoms with Gasteiger partial charge >= 0.3 is 0 Å². The summed E-state index contributed by atoms with van der Waals surface area (Å²) in [5.74, 6) is 3.93. The molecule has 1 heteroatoms. The molecule has 1 atom stereocenters. The van der Waals surface area contributed by atoms with Crippen molar-refractivity contribution in [3.8, 4) is 0 Å². The molecule has 1 nitrogen and oxygen atoms in total. The molecule has 2 aliphatic carbocycles. The van der Waals surface area contributed by atoms with Crippen LogP contribution in [0, 0.1) is 23.7 Å². The highest BCUT2D eigenvalue weighted by Gasteiger charge is 2.31. The van der Waals surface area contributed by atoms with Crippen molar-refractivity contribution in [2.45, 2.75) is 78.2 Å². The molecular formula is C17H33N. The van der Waals surface area contributed by atoms with Crippen LogP contribution in [-0.2, 0) is 0 Å². The Morgan fingerprint density at radius 2 is 1.56 bits per heavy atom. The lowest BCUT2D eigenvalue weighted by molar-refractivity contribution is 0.157. The standard InChI is InChI=1S/C17H33N/c1-4-18-17(12-14-6-5-7-14)16-10-8-15(9-11-16)13(2)3/h13-18H,4-12H2,1-3H3. The van der Waals surface area contributed by atoms with Gasteiger partial charge in [0.2, 0.25) is 0 Å². The zero-order valence-corrected chi connectivity index (χ0v) is 12.8. The van der Waals surface area contributed by atoms with Gasteiger partial charge in [-0.1, -0.05) is 40.0 Å². The first-order valence-electron chi connectivity index (χ1n) is 8.44. The molecule has 0 spiro atoms. The van der Waals surface area contributed by atoms with Crippen molar-refractivity contribution in [2.24, 2.45) is 23.7 Å². The van der Waals surface area contributed by atoms with Crippen molar-refractivity contribution in [1.82, 2.24) is 5.32 Å². The van der Waals surface area contributed by atoms with Crippen molar-refractivity contribution in [2.75, 3.05) is 6.54 Å². The molecule has 2 saturated carbocycles. The van der Waals surface area contributed by atoms with Crippen LogP contribution in [0.4, 0.5) is 0 Å². The van der Waals surface area contributed by atoms with Gasteiger partial charge in [-0.25, -0.2) is 0 Å². The predicted octanol–water partition coefficient (Wildman–Crippen LogP) is 4.62. The highest BCUT2D eigenvalue weighted by atomic mass is 14.9. The van der Waals surface area contributed by atoms with Crippen LogP contribution in [0.2, 0.25) is 0 Å². The fourth-order valence-corrected chi connectivity index (χ4v) is 4.01. The van der Waals surface area contributed by atoms with Crippen molar-refractivity contribution in [3.05, 3.63) is 0 Å². The number of nitrogens with one attached hydrogen (secondary N) is 1. The van der Waals surface area contributed by atoms with Crippen LogP contribution in [0.15, 0.2) is 0 Å². The van der Waals surface area contributed by atoms with E-state index in [0.717, 1.165) is 36.3 Å². The quantitative estimate of drug-likeness (QED) is 0.726. The summed E-state index contributed by atoms with van der Waals surface area (Å²) in [5, 5.41) is 3.80. The smallest absolute Gasteiger partial charge is 0.00978 e. The molecule has 0 bridgehead atoms. The summed E-state index contributed by atoms with van der Waals surface area (Å²) >= 11 is 0. The molecule has 0 aromatic rings. The zero-order chi connectivity index (χ0) is 13.0. The number of hydrogen-bond acceptors (Lipinski definition) is 1. The Balaban J connectivity index is 1.79. The van der Waals surface area contributed by atoms with Gasteiger partial charge in [0.25, 0.3) is 0 Å². The lowest BCUT2D eigenvalue weighted by Crippen LogP contribution is -2.40. The third-order valence-electron chi connectivity index (χ3n) is 5.61. The van der Waals surface area contributed by atoms with Gasteiger partial charge in [0.15, 0.2) is 0 Å². The van der Waals surface area contributed by atoms with Gasteiger partial charge in [0.1, 0.15) is 0 Å². The predicted molar refractivity (Wildman–Crippen MR) is 79.7 cm³/mol. The summed E-state index contributed by atoms with van der Waals surface area (Å²) in [6, 6.07) is 0.827. The minimum absolute atomic E-state index is 0.827. The SMILES string of the molecule is CCNC(CC1CCC1)C1CCC(C(C)C)CC1. The molecule has 0 amide bonds. The Kier molecular flexibility index (Phi) is 5.54. The molecule has 0 heterocycles. The molecule has 0 aliphatic heterocycles. The van der Waals surface area contributed by atoms with E-state index in [0.29, 0.717) is 0 Å². The van der Waals surface area contributed by atoms with Gasteiger partial charge in [-0.2, -0.15) is 0 Å². The van der Waals surface area contributed by atoms with E-state index in [-0.39, 0.29) is 0 Å². The maximum Gasteiger partial charge on any atom is 0.00978 e. The van der Waals surface area contributed by atoms with Gasteiger partial charge in [0, 0.05) is 6.04 Å². The first kappa shape index (κ1) is 14.4. The Hall–Kier alpha value is -0.0400. The minimum atomic E-state index is 0.827. The second-order valence-electron chi connectivity index (χ2n) is 7.12. The fraction of sp³-hybridized carbons (Fsp3) is 1.00. The molecule has 0 aromatic heterocycles. The van der Waals surface area contributed by atoms with Crippen LogP contribution >= 0.6 is 0 Å². The molecule has 2 fully saturated rings. The van der Waals surface area contributed by atoms with Crippen molar-refractivity contribution in [1.29, 1.82) is 0 Å². The maximum absolute atomic E-state index is 3.80. The van der Waals surface area contributed by atoms with Crippen molar-refractivity contribution >= 4 is 0 Å². The molecule has 0 saturated heterocycles. The van der Waals surface area contributed by atoms with Gasteiger partial charge in [-0.15, -0.1) is 0 Å². The monoisotopic (exact) mass is 251 g/mol. The molecular weight excluding hydrogens is 218 g/mol. The fourth-order valence-electron chi connectivity index (χ4n) is 4.01. The largest absolute Gasteiger partial charge is 0.314 e. The van der Waals surface area contributed by atoms with Crippen LogP contribution in [0.25, 0.3) is 0 Å². The van der Waals surface area contributed by atoms with Crippen LogP contribution in [-0.4, -0.2) is 12.6 Å². The highest BCUT2D eigenvalue weighted by molar-refractivity contribution is 4.86. The Labute approximate surface area is 114 Å². The normalized spacial score (nSPS) is 31.3. The van der Waals surface area contributed by atoms with E-state index >= 15 is 0 Å². The van der Waals surface area contributed by atoms with Gasteiger partial charge in [0.05, 0.1) is 0 Å². The van der Waals surface area contributed by atoms with Gasteiger partial charge in [-0.05, 0) is 62.3 Å². The van der Waals surface area contributed by atoms with E-state index in [1.807, 2.05) is 0 Å². The van der Waals surface area contributed by atoms with E-state index in [1.54, 1.807) is 0 Å². The van der Waals surface area contributed by atoms with Crippen LogP contribution in [0.1, 0.15) is 72.1 Å². The summed E-state index contributed by atoms with van der Waals surface area (Å²) in [7, 11) is 0. The van der Waals surface area contributed by atoms with Crippen LogP contribution < -0.4 is 5.32 Å². The van der Waals surface area contributed by atoms with Crippen molar-refractivity contribution < 1.29 is 0 Å². The molecule has 1 N–H and O–H groups in total. The van der Waals surface area contributed by atoms with Gasteiger partial charge in [-0.3, -0.25) is 0 Å². The first-order valence-corrected chi connectivity index (χ1v) is 8.44. The Morgan fingerprint density at radius 3 is 2.00 bits per heavy atom. The second kappa shape index (κ2) is 6.93. The molecule has 1 unspecified atom stereocenters. The number of hydrogen-bond donors (Lipinski definition) is 1. The van der Waals surface area contributed by atoms with E-state index in [4.69, 9.17) is 0 Å². The average Bonchev–Trinajstić information content (AvgIpc) is 2.32. The van der Waals surface area contributed by atoms with E-state index < -0.39 is 0 Å². The summed E-state index contributed by atoms with van der Waals surface area (Å²) in [6.45, 7) is 8.23. The summed E-state index contributed by atoms with van der Waals surface area (Å²) < 4.78 is 0. The van der Waals surface area contributed by atoms with Crippen LogP contribution in [0.3, 0.4) is 0 Å². The summed E-state index contributed by atoms with van der Waals surface area (Å²) in [5.41, 5.74) is 0. The average molecular weight is 251 g/mol. The Bertz CT molecular complexity index is 224. The second-order valence-corrected chi connectivity index (χ2v) is 7.12. The molecule has 106 valence electrons. The first-order chi connectivity index (χ1) is 8.70. The molecule has 2 aliphatic rings. The lowest BCUT2D eigenvalue weighted by atomic mass is 9.71. The molecule has 0 radical (unpaired) electrons. The minimum Gasteiger partial charge on any atom is -0.314 e. The third kappa shape index (κ3) is 3.73. The van der Waals surface area contributed by atoms with E-state index in [9.17, 15) is 0 Å². The molecule has 0 aromatic carbocycles.